The van der Waals surface area contributed by atoms with Crippen molar-refractivity contribution in [1.29, 1.82) is 0 Å². The van der Waals surface area contributed by atoms with E-state index in [0.717, 1.165) is 38.4 Å². The smallest absolute Gasteiger partial charge is 0.414 e. The number of ether oxygens (including phenoxy) is 2. The Kier molecular flexibility index (Phi) is 2.89. The summed E-state index contributed by atoms with van der Waals surface area (Å²) in [6.07, 6.45) is 0.749. The van der Waals surface area contributed by atoms with E-state index in [9.17, 15) is 4.79 Å². The molecule has 0 radical (unpaired) electrons. The first-order valence-corrected chi connectivity index (χ1v) is 7.18. The highest BCUT2D eigenvalue weighted by atomic mass is 16.6. The summed E-state index contributed by atoms with van der Waals surface area (Å²) < 4.78 is 10.6. The highest BCUT2D eigenvalue weighted by Gasteiger charge is 2.38. The maximum atomic E-state index is 12.0. The third-order valence-electron chi connectivity index (χ3n) is 4.47. The van der Waals surface area contributed by atoms with Gasteiger partial charge in [-0.05, 0) is 18.1 Å². The fraction of sp³-hybridized carbons (Fsp3) is 0.533. The van der Waals surface area contributed by atoms with Crippen LogP contribution in [0.3, 0.4) is 0 Å². The van der Waals surface area contributed by atoms with Gasteiger partial charge in [0.15, 0.2) is 0 Å². The van der Waals surface area contributed by atoms with Crippen LogP contribution < -0.4 is 4.90 Å². The standard InChI is InChI=1S/C15H18N2O3/c18-15-17-12(10-20-15)5-6-16(13-8-19-9-13)7-11-3-1-2-4-14(11)17/h1-4,12-13H,5-10H2/t12-/m0/s1. The van der Waals surface area contributed by atoms with Crippen LogP contribution in [-0.4, -0.2) is 49.4 Å². The number of fused-ring (bicyclic) bond motifs is 3. The van der Waals surface area contributed by atoms with E-state index < -0.39 is 0 Å². The van der Waals surface area contributed by atoms with Crippen molar-refractivity contribution in [3.8, 4) is 0 Å². The van der Waals surface area contributed by atoms with Crippen molar-refractivity contribution < 1.29 is 14.3 Å². The summed E-state index contributed by atoms with van der Waals surface area (Å²) in [4.78, 5) is 16.3. The molecule has 2 saturated heterocycles. The van der Waals surface area contributed by atoms with E-state index in [1.54, 1.807) is 0 Å². The summed E-state index contributed by atoms with van der Waals surface area (Å²) >= 11 is 0. The summed E-state index contributed by atoms with van der Waals surface area (Å²) in [6, 6.07) is 8.83. The molecule has 0 saturated carbocycles. The minimum atomic E-state index is -0.206. The van der Waals surface area contributed by atoms with E-state index in [1.807, 2.05) is 23.1 Å². The van der Waals surface area contributed by atoms with Gasteiger partial charge in [-0.1, -0.05) is 18.2 Å². The lowest BCUT2D eigenvalue weighted by Crippen LogP contribution is -2.51. The molecular weight excluding hydrogens is 256 g/mol. The minimum Gasteiger partial charge on any atom is -0.447 e. The van der Waals surface area contributed by atoms with Gasteiger partial charge in [-0.3, -0.25) is 9.80 Å². The maximum absolute atomic E-state index is 12.0. The number of rotatable bonds is 1. The van der Waals surface area contributed by atoms with Crippen molar-refractivity contribution in [1.82, 2.24) is 4.90 Å². The van der Waals surface area contributed by atoms with E-state index >= 15 is 0 Å². The summed E-state index contributed by atoms with van der Waals surface area (Å²) in [6.45, 7) is 4.01. The van der Waals surface area contributed by atoms with Crippen LogP contribution >= 0.6 is 0 Å². The Labute approximate surface area is 118 Å². The second kappa shape index (κ2) is 4.75. The number of anilines is 1. The highest BCUT2D eigenvalue weighted by molar-refractivity contribution is 5.91. The minimum absolute atomic E-state index is 0.160. The van der Waals surface area contributed by atoms with Crippen molar-refractivity contribution >= 4 is 11.8 Å². The topological polar surface area (TPSA) is 42.0 Å². The van der Waals surface area contributed by atoms with Gasteiger partial charge in [0, 0.05) is 13.1 Å². The van der Waals surface area contributed by atoms with E-state index in [0.29, 0.717) is 12.6 Å². The first-order valence-electron chi connectivity index (χ1n) is 7.18. The second-order valence-electron chi connectivity index (χ2n) is 5.68. The molecule has 0 unspecified atom stereocenters. The molecule has 3 aliphatic rings. The number of carbonyl (C=O) groups excluding carboxylic acids is 1. The Hall–Kier alpha value is -1.59. The molecule has 0 spiro atoms. The van der Waals surface area contributed by atoms with Crippen molar-refractivity contribution in [2.24, 2.45) is 0 Å². The van der Waals surface area contributed by atoms with Crippen LogP contribution in [0.2, 0.25) is 0 Å². The normalized spacial score (nSPS) is 27.1. The van der Waals surface area contributed by atoms with Crippen LogP contribution in [0, 0.1) is 0 Å². The van der Waals surface area contributed by atoms with Gasteiger partial charge in [0.1, 0.15) is 6.61 Å². The van der Waals surface area contributed by atoms with Gasteiger partial charge in [0.25, 0.3) is 0 Å². The number of benzene rings is 1. The van der Waals surface area contributed by atoms with E-state index in [-0.39, 0.29) is 12.1 Å². The molecule has 0 N–H and O–H groups in total. The second-order valence-corrected chi connectivity index (χ2v) is 5.68. The lowest BCUT2D eigenvalue weighted by atomic mass is 10.0. The van der Waals surface area contributed by atoms with E-state index in [1.165, 1.54) is 5.56 Å². The molecule has 0 aromatic heterocycles. The Morgan fingerprint density at radius 1 is 1.10 bits per heavy atom. The molecule has 5 nitrogen and oxygen atoms in total. The molecule has 2 fully saturated rings. The summed E-state index contributed by atoms with van der Waals surface area (Å²) in [7, 11) is 0. The zero-order chi connectivity index (χ0) is 13.5. The molecular formula is C15H18N2O3. The van der Waals surface area contributed by atoms with Gasteiger partial charge in [0.05, 0.1) is 31.0 Å². The van der Waals surface area contributed by atoms with Crippen molar-refractivity contribution in [3.63, 3.8) is 0 Å². The Morgan fingerprint density at radius 2 is 1.95 bits per heavy atom. The van der Waals surface area contributed by atoms with Crippen LogP contribution in [0.15, 0.2) is 24.3 Å². The van der Waals surface area contributed by atoms with Crippen LogP contribution in [0.1, 0.15) is 12.0 Å². The first-order chi connectivity index (χ1) is 9.83. The van der Waals surface area contributed by atoms with Gasteiger partial charge in [-0.2, -0.15) is 0 Å². The monoisotopic (exact) mass is 274 g/mol. The van der Waals surface area contributed by atoms with Crippen molar-refractivity contribution in [3.05, 3.63) is 29.8 Å². The van der Waals surface area contributed by atoms with Crippen LogP contribution in [0.4, 0.5) is 10.5 Å². The first kappa shape index (κ1) is 12.2. The number of para-hydroxylation sites is 1. The maximum Gasteiger partial charge on any atom is 0.414 e. The van der Waals surface area contributed by atoms with Gasteiger partial charge < -0.3 is 9.47 Å². The average molecular weight is 274 g/mol. The largest absolute Gasteiger partial charge is 0.447 e. The highest BCUT2D eigenvalue weighted by Crippen LogP contribution is 2.32. The van der Waals surface area contributed by atoms with Crippen LogP contribution in [0.25, 0.3) is 0 Å². The molecule has 1 aromatic rings. The van der Waals surface area contributed by atoms with E-state index in [2.05, 4.69) is 11.0 Å². The predicted octanol–water partition coefficient (Wildman–Crippen LogP) is 1.62. The molecule has 3 aliphatic heterocycles. The van der Waals surface area contributed by atoms with E-state index in [4.69, 9.17) is 9.47 Å². The number of cyclic esters (lactones) is 1. The number of amides is 1. The SMILES string of the molecule is O=C1OC[C@@H]2CCN(C3COC3)Cc3ccccc3N12. The quantitative estimate of drug-likeness (QED) is 0.780. The average Bonchev–Trinajstić information content (AvgIpc) is 2.73. The molecule has 3 heterocycles. The van der Waals surface area contributed by atoms with Crippen LogP contribution in [-0.2, 0) is 16.0 Å². The number of carbonyl (C=O) groups is 1. The Balaban J connectivity index is 1.70. The molecule has 20 heavy (non-hydrogen) atoms. The molecule has 0 aliphatic carbocycles. The predicted molar refractivity (Wildman–Crippen MR) is 73.7 cm³/mol. The zero-order valence-corrected chi connectivity index (χ0v) is 11.3. The van der Waals surface area contributed by atoms with Gasteiger partial charge >= 0.3 is 6.09 Å². The van der Waals surface area contributed by atoms with Gasteiger partial charge in [0.2, 0.25) is 0 Å². The molecule has 5 heteroatoms. The molecule has 0 bridgehead atoms. The Morgan fingerprint density at radius 3 is 2.75 bits per heavy atom. The lowest BCUT2D eigenvalue weighted by molar-refractivity contribution is -0.0689. The summed E-state index contributed by atoms with van der Waals surface area (Å²) in [5, 5.41) is 0. The number of hydrogen-bond acceptors (Lipinski definition) is 4. The van der Waals surface area contributed by atoms with Crippen molar-refractivity contribution in [2.45, 2.75) is 25.0 Å². The number of hydrogen-bond donors (Lipinski definition) is 0. The van der Waals surface area contributed by atoms with Crippen LogP contribution in [0.5, 0.6) is 0 Å². The number of nitrogens with zero attached hydrogens (tertiary/aromatic N) is 2. The Bertz CT molecular complexity index is 530. The molecule has 106 valence electrons. The van der Waals surface area contributed by atoms with Crippen molar-refractivity contribution in [2.75, 3.05) is 31.3 Å². The fourth-order valence-corrected chi connectivity index (χ4v) is 3.21. The summed E-state index contributed by atoms with van der Waals surface area (Å²) in [5.74, 6) is 0. The molecule has 1 atom stereocenters. The van der Waals surface area contributed by atoms with Gasteiger partial charge in [-0.15, -0.1) is 0 Å². The third-order valence-corrected chi connectivity index (χ3v) is 4.47. The third kappa shape index (κ3) is 1.89. The summed E-state index contributed by atoms with van der Waals surface area (Å²) in [5.41, 5.74) is 2.20. The fourth-order valence-electron chi connectivity index (χ4n) is 3.21. The molecule has 1 amide bonds. The zero-order valence-electron chi connectivity index (χ0n) is 11.3. The molecule has 1 aromatic carbocycles. The lowest BCUT2D eigenvalue weighted by Gasteiger charge is -2.40. The van der Waals surface area contributed by atoms with Gasteiger partial charge in [-0.25, -0.2) is 4.79 Å². The molecule has 4 rings (SSSR count).